The van der Waals surface area contributed by atoms with Gasteiger partial charge in [0.25, 0.3) is 0 Å². The number of aliphatic hydroxyl groups is 1. The average Bonchev–Trinajstić information content (AvgIpc) is 2.03. The highest BCUT2D eigenvalue weighted by Crippen LogP contribution is 2.05. The van der Waals surface area contributed by atoms with Gasteiger partial charge >= 0.3 is 0 Å². The van der Waals surface area contributed by atoms with Crippen molar-refractivity contribution >= 4 is 0 Å². The minimum Gasteiger partial charge on any atom is -0.380 e. The second-order valence-corrected chi connectivity index (χ2v) is 2.50. The van der Waals surface area contributed by atoms with E-state index in [2.05, 4.69) is 17.8 Å². The van der Waals surface area contributed by atoms with Crippen molar-refractivity contribution in [3.8, 4) is 24.2 Å². The Morgan fingerprint density at radius 3 is 2.55 bits per heavy atom. The van der Waals surface area contributed by atoms with Crippen molar-refractivity contribution in [1.29, 1.82) is 0 Å². The van der Waals surface area contributed by atoms with Crippen LogP contribution in [-0.2, 0) is 0 Å². The van der Waals surface area contributed by atoms with Crippen molar-refractivity contribution in [2.75, 3.05) is 0 Å². The zero-order chi connectivity index (χ0) is 8.69. The fourth-order valence-corrected chi connectivity index (χ4v) is 0.634. The largest absolute Gasteiger partial charge is 0.380 e. The molecule has 0 aromatic carbocycles. The van der Waals surface area contributed by atoms with Crippen LogP contribution < -0.4 is 0 Å². The predicted octanol–water partition coefficient (Wildman–Crippen LogP) is 1.42. The maximum Gasteiger partial charge on any atom is 0.117 e. The summed E-state index contributed by atoms with van der Waals surface area (Å²) in [5.41, 5.74) is 0. The van der Waals surface area contributed by atoms with E-state index in [-0.39, 0.29) is 5.92 Å². The fraction of sp³-hybridized carbons (Fsp3) is 0.600. The molecule has 0 saturated heterocycles. The van der Waals surface area contributed by atoms with Gasteiger partial charge in [-0.2, -0.15) is 0 Å². The van der Waals surface area contributed by atoms with E-state index < -0.39 is 6.10 Å². The summed E-state index contributed by atoms with van der Waals surface area (Å²) >= 11 is 0. The molecule has 0 amide bonds. The first-order chi connectivity index (χ1) is 5.22. The highest BCUT2D eigenvalue weighted by atomic mass is 16.3. The fourth-order valence-electron chi connectivity index (χ4n) is 0.634. The first kappa shape index (κ1) is 10.1. The van der Waals surface area contributed by atoms with E-state index in [1.165, 1.54) is 0 Å². The molecule has 0 rings (SSSR count). The summed E-state index contributed by atoms with van der Waals surface area (Å²) in [6, 6.07) is 0. The normalized spacial score (nSPS) is 14.0. The van der Waals surface area contributed by atoms with Crippen LogP contribution in [0.25, 0.3) is 0 Å². The second kappa shape index (κ2) is 5.83. The molecule has 0 aromatic heterocycles. The molecular formula is C10H14O. The van der Waals surface area contributed by atoms with Gasteiger partial charge in [-0.1, -0.05) is 19.8 Å². The van der Waals surface area contributed by atoms with E-state index in [4.69, 9.17) is 11.5 Å². The summed E-state index contributed by atoms with van der Waals surface area (Å²) in [6.45, 7) is 3.89. The van der Waals surface area contributed by atoms with Gasteiger partial charge in [-0.3, -0.25) is 0 Å². The van der Waals surface area contributed by atoms with Gasteiger partial charge in [0.15, 0.2) is 0 Å². The van der Waals surface area contributed by atoms with E-state index in [1.54, 1.807) is 0 Å². The van der Waals surface area contributed by atoms with E-state index in [0.29, 0.717) is 6.42 Å². The molecule has 0 spiro atoms. The van der Waals surface area contributed by atoms with Crippen LogP contribution in [0.3, 0.4) is 0 Å². The molecule has 0 fully saturated rings. The van der Waals surface area contributed by atoms with E-state index in [0.717, 1.165) is 6.42 Å². The zero-order valence-electron chi connectivity index (χ0n) is 7.09. The molecule has 0 aromatic rings. The average molecular weight is 150 g/mol. The van der Waals surface area contributed by atoms with Gasteiger partial charge in [0, 0.05) is 18.8 Å². The quantitative estimate of drug-likeness (QED) is 0.590. The van der Waals surface area contributed by atoms with Crippen molar-refractivity contribution in [2.45, 2.75) is 32.8 Å². The lowest BCUT2D eigenvalue weighted by atomic mass is 10.0. The minimum absolute atomic E-state index is 0.0825. The van der Waals surface area contributed by atoms with Gasteiger partial charge in [-0.05, 0) is 0 Å². The second-order valence-electron chi connectivity index (χ2n) is 2.50. The molecule has 2 unspecified atom stereocenters. The van der Waals surface area contributed by atoms with Crippen molar-refractivity contribution in [2.24, 2.45) is 5.92 Å². The Morgan fingerprint density at radius 1 is 1.45 bits per heavy atom. The molecule has 11 heavy (non-hydrogen) atoms. The number of hydrogen-bond donors (Lipinski definition) is 1. The van der Waals surface area contributed by atoms with Crippen LogP contribution in [0.5, 0.6) is 0 Å². The third-order valence-corrected chi connectivity index (χ3v) is 1.44. The summed E-state index contributed by atoms with van der Waals surface area (Å²) in [5.74, 6) is 8.23. The summed E-state index contributed by atoms with van der Waals surface area (Å²) in [5, 5.41) is 9.12. The van der Waals surface area contributed by atoms with Crippen LogP contribution in [0.2, 0.25) is 0 Å². The molecule has 2 atom stereocenters. The monoisotopic (exact) mass is 150 g/mol. The van der Waals surface area contributed by atoms with Gasteiger partial charge in [0.05, 0.1) is 0 Å². The van der Waals surface area contributed by atoms with Crippen molar-refractivity contribution in [3.63, 3.8) is 0 Å². The molecule has 0 bridgehead atoms. The molecule has 0 aliphatic rings. The topological polar surface area (TPSA) is 20.2 Å². The minimum atomic E-state index is -0.652. The summed E-state index contributed by atoms with van der Waals surface area (Å²) in [7, 11) is 0. The van der Waals surface area contributed by atoms with E-state index in [1.807, 2.05) is 13.8 Å². The number of terminal acetylenes is 1. The highest BCUT2D eigenvalue weighted by molar-refractivity contribution is 5.03. The SMILES string of the molecule is C#CC(O)C(C)CC#CCC. The summed E-state index contributed by atoms with van der Waals surface area (Å²) < 4.78 is 0. The Hall–Kier alpha value is -0.920. The third kappa shape index (κ3) is 4.48. The molecule has 1 N–H and O–H groups in total. The van der Waals surface area contributed by atoms with Crippen molar-refractivity contribution < 1.29 is 5.11 Å². The Balaban J connectivity index is 3.70. The Kier molecular flexibility index (Phi) is 5.35. The first-order valence-corrected chi connectivity index (χ1v) is 3.82. The molecule has 0 aliphatic carbocycles. The molecule has 0 radical (unpaired) electrons. The number of rotatable bonds is 2. The third-order valence-electron chi connectivity index (χ3n) is 1.44. The summed E-state index contributed by atoms with van der Waals surface area (Å²) in [6.07, 6.45) is 5.92. The van der Waals surface area contributed by atoms with Crippen molar-refractivity contribution in [1.82, 2.24) is 0 Å². The number of hydrogen-bond acceptors (Lipinski definition) is 1. The van der Waals surface area contributed by atoms with Crippen LogP contribution in [0, 0.1) is 30.1 Å². The van der Waals surface area contributed by atoms with Gasteiger partial charge in [0.2, 0.25) is 0 Å². The molecule has 0 aliphatic heterocycles. The molecular weight excluding hydrogens is 136 g/mol. The molecule has 1 nitrogen and oxygen atoms in total. The van der Waals surface area contributed by atoms with Crippen LogP contribution >= 0.6 is 0 Å². The highest BCUT2D eigenvalue weighted by Gasteiger charge is 2.08. The van der Waals surface area contributed by atoms with Gasteiger partial charge in [-0.25, -0.2) is 0 Å². The predicted molar refractivity (Wildman–Crippen MR) is 46.7 cm³/mol. The maximum absolute atomic E-state index is 9.12. The van der Waals surface area contributed by atoms with Crippen molar-refractivity contribution in [3.05, 3.63) is 0 Å². The number of aliphatic hydroxyl groups excluding tert-OH is 1. The molecule has 1 heteroatoms. The lowest BCUT2D eigenvalue weighted by Crippen LogP contribution is -2.14. The van der Waals surface area contributed by atoms with Gasteiger partial charge < -0.3 is 5.11 Å². The Morgan fingerprint density at radius 2 is 2.09 bits per heavy atom. The van der Waals surface area contributed by atoms with E-state index >= 15 is 0 Å². The van der Waals surface area contributed by atoms with E-state index in [9.17, 15) is 0 Å². The lowest BCUT2D eigenvalue weighted by molar-refractivity contribution is 0.174. The first-order valence-electron chi connectivity index (χ1n) is 3.82. The maximum atomic E-state index is 9.12. The molecule has 0 heterocycles. The van der Waals surface area contributed by atoms with Crippen LogP contribution in [-0.4, -0.2) is 11.2 Å². The lowest BCUT2D eigenvalue weighted by Gasteiger charge is -2.08. The van der Waals surface area contributed by atoms with Gasteiger partial charge in [0.1, 0.15) is 6.10 Å². The molecule has 0 saturated carbocycles. The Bertz CT molecular complexity index is 189. The van der Waals surface area contributed by atoms with Gasteiger partial charge in [-0.15, -0.1) is 18.3 Å². The van der Waals surface area contributed by atoms with Crippen LogP contribution in [0.15, 0.2) is 0 Å². The smallest absolute Gasteiger partial charge is 0.117 e. The standard InChI is InChI=1S/C10H14O/c1-4-6-7-8-9(3)10(11)5-2/h2,9-11H,4,8H2,1,3H3. The molecule has 60 valence electrons. The zero-order valence-corrected chi connectivity index (χ0v) is 7.09. The van der Waals surface area contributed by atoms with Crippen LogP contribution in [0.4, 0.5) is 0 Å². The van der Waals surface area contributed by atoms with Crippen LogP contribution in [0.1, 0.15) is 26.7 Å². The summed E-state index contributed by atoms with van der Waals surface area (Å²) in [4.78, 5) is 0. The Labute approximate surface area is 68.8 Å².